The van der Waals surface area contributed by atoms with Crippen LogP contribution in [0.15, 0.2) is 23.1 Å². The summed E-state index contributed by atoms with van der Waals surface area (Å²) in [6.07, 6.45) is -0.316. The maximum atomic E-state index is 13.5. The Morgan fingerprint density at radius 3 is 2.72 bits per heavy atom. The van der Waals surface area contributed by atoms with E-state index in [9.17, 15) is 12.8 Å². The minimum absolute atomic E-state index is 0.0433. The number of sulfonamides is 1. The molecule has 0 spiro atoms. The highest BCUT2D eigenvalue weighted by atomic mass is 32.2. The highest BCUT2D eigenvalue weighted by molar-refractivity contribution is 7.89. The molecule has 0 aliphatic rings. The number of nitrogens with one attached hydrogen (secondary N) is 1. The molecule has 0 aromatic heterocycles. The van der Waals surface area contributed by atoms with Gasteiger partial charge in [0, 0.05) is 13.7 Å². The number of aliphatic hydroxyl groups excluding tert-OH is 1. The summed E-state index contributed by atoms with van der Waals surface area (Å²) in [4.78, 5) is -0.475. The number of methoxy groups -OCH3 is 1. The zero-order valence-electron chi connectivity index (χ0n) is 10.2. The Bertz CT molecular complexity index is 504. The quantitative estimate of drug-likeness (QED) is 0.799. The molecule has 102 valence electrons. The van der Waals surface area contributed by atoms with Gasteiger partial charge in [-0.05, 0) is 24.6 Å². The smallest absolute Gasteiger partial charge is 0.243 e. The zero-order valence-corrected chi connectivity index (χ0v) is 11.0. The van der Waals surface area contributed by atoms with Crippen molar-refractivity contribution in [3.05, 3.63) is 29.6 Å². The molecule has 0 heterocycles. The van der Waals surface area contributed by atoms with Gasteiger partial charge in [-0.1, -0.05) is 6.07 Å². The van der Waals surface area contributed by atoms with Gasteiger partial charge in [0.15, 0.2) is 0 Å². The van der Waals surface area contributed by atoms with E-state index in [0.29, 0.717) is 5.56 Å². The van der Waals surface area contributed by atoms with Crippen molar-refractivity contribution in [1.82, 2.24) is 4.72 Å². The van der Waals surface area contributed by atoms with Crippen molar-refractivity contribution in [3.63, 3.8) is 0 Å². The molecule has 0 bridgehead atoms. The molecule has 0 radical (unpaired) electrons. The van der Waals surface area contributed by atoms with Crippen LogP contribution in [0.4, 0.5) is 4.39 Å². The number of halogens is 1. The van der Waals surface area contributed by atoms with E-state index in [1.54, 1.807) is 6.92 Å². The van der Waals surface area contributed by atoms with Crippen LogP contribution in [0.2, 0.25) is 0 Å². The standard InChI is InChI=1S/C11H16FNO4S/c1-8(17-2)6-13-18(15,16)11-5-9(7-14)3-4-10(11)12/h3-5,8,13-14H,6-7H2,1-2H3. The van der Waals surface area contributed by atoms with E-state index < -0.39 is 20.7 Å². The van der Waals surface area contributed by atoms with Crippen LogP contribution in [0.5, 0.6) is 0 Å². The monoisotopic (exact) mass is 277 g/mol. The van der Waals surface area contributed by atoms with Gasteiger partial charge in [0.2, 0.25) is 10.0 Å². The maximum absolute atomic E-state index is 13.5. The lowest BCUT2D eigenvalue weighted by atomic mass is 10.2. The molecule has 1 atom stereocenters. The Morgan fingerprint density at radius 2 is 2.17 bits per heavy atom. The molecule has 0 saturated carbocycles. The van der Waals surface area contributed by atoms with E-state index in [1.807, 2.05) is 0 Å². The molecule has 1 aromatic carbocycles. The van der Waals surface area contributed by atoms with Gasteiger partial charge in [-0.15, -0.1) is 0 Å². The predicted octanol–water partition coefficient (Wildman–Crippen LogP) is 0.631. The van der Waals surface area contributed by atoms with Crippen LogP contribution in [0.1, 0.15) is 12.5 Å². The fourth-order valence-corrected chi connectivity index (χ4v) is 2.48. The molecule has 1 rings (SSSR count). The number of benzene rings is 1. The Kier molecular flexibility index (Phi) is 5.21. The number of hydrogen-bond acceptors (Lipinski definition) is 4. The van der Waals surface area contributed by atoms with Gasteiger partial charge in [0.1, 0.15) is 10.7 Å². The highest BCUT2D eigenvalue weighted by Gasteiger charge is 2.20. The number of ether oxygens (including phenoxy) is 1. The van der Waals surface area contributed by atoms with Gasteiger partial charge in [-0.25, -0.2) is 17.5 Å². The number of rotatable bonds is 6. The second-order valence-electron chi connectivity index (χ2n) is 3.82. The van der Waals surface area contributed by atoms with Crippen molar-refractivity contribution >= 4 is 10.0 Å². The highest BCUT2D eigenvalue weighted by Crippen LogP contribution is 2.16. The van der Waals surface area contributed by atoms with Crippen LogP contribution < -0.4 is 4.72 Å². The first-order chi connectivity index (χ1) is 8.40. The molecular formula is C11H16FNO4S. The maximum Gasteiger partial charge on any atom is 0.243 e. The lowest BCUT2D eigenvalue weighted by Gasteiger charge is -2.12. The summed E-state index contributed by atoms with van der Waals surface area (Å²) in [5.41, 5.74) is 0.330. The minimum Gasteiger partial charge on any atom is -0.392 e. The second-order valence-corrected chi connectivity index (χ2v) is 5.56. The molecule has 0 fully saturated rings. The molecule has 7 heteroatoms. The molecule has 2 N–H and O–H groups in total. The van der Waals surface area contributed by atoms with Gasteiger partial charge in [0.05, 0.1) is 12.7 Å². The van der Waals surface area contributed by atoms with Crippen molar-refractivity contribution < 1.29 is 22.7 Å². The third-order valence-corrected chi connectivity index (χ3v) is 3.87. The molecular weight excluding hydrogens is 261 g/mol. The van der Waals surface area contributed by atoms with E-state index in [0.717, 1.165) is 12.1 Å². The van der Waals surface area contributed by atoms with Gasteiger partial charge in [-0.3, -0.25) is 0 Å². The summed E-state index contributed by atoms with van der Waals surface area (Å²) >= 11 is 0. The number of aliphatic hydroxyl groups is 1. The Morgan fingerprint density at radius 1 is 1.50 bits per heavy atom. The third-order valence-electron chi connectivity index (χ3n) is 2.43. The molecule has 0 saturated heterocycles. The molecule has 0 aliphatic carbocycles. The SMILES string of the molecule is COC(C)CNS(=O)(=O)c1cc(CO)ccc1F. The van der Waals surface area contributed by atoms with E-state index in [4.69, 9.17) is 9.84 Å². The predicted molar refractivity (Wildman–Crippen MR) is 64.0 cm³/mol. The van der Waals surface area contributed by atoms with Gasteiger partial charge in [0.25, 0.3) is 0 Å². The molecule has 5 nitrogen and oxygen atoms in total. The fraction of sp³-hybridized carbons (Fsp3) is 0.455. The first-order valence-electron chi connectivity index (χ1n) is 5.32. The topological polar surface area (TPSA) is 75.6 Å². The summed E-state index contributed by atoms with van der Waals surface area (Å²) in [5.74, 6) is -0.857. The van der Waals surface area contributed by atoms with Crippen molar-refractivity contribution in [2.75, 3.05) is 13.7 Å². The minimum atomic E-state index is -3.94. The Balaban J connectivity index is 2.97. The Hall–Kier alpha value is -1.02. The average Bonchev–Trinajstić information content (AvgIpc) is 2.36. The van der Waals surface area contributed by atoms with Crippen LogP contribution in [0.3, 0.4) is 0 Å². The fourth-order valence-electron chi connectivity index (χ4n) is 1.24. The second kappa shape index (κ2) is 6.24. The van der Waals surface area contributed by atoms with Gasteiger partial charge >= 0.3 is 0 Å². The van der Waals surface area contributed by atoms with Crippen LogP contribution in [-0.2, 0) is 21.4 Å². The van der Waals surface area contributed by atoms with E-state index >= 15 is 0 Å². The summed E-state index contributed by atoms with van der Waals surface area (Å²) in [7, 11) is -2.49. The van der Waals surface area contributed by atoms with Crippen molar-refractivity contribution in [1.29, 1.82) is 0 Å². The molecule has 0 aliphatic heterocycles. The molecule has 1 aromatic rings. The summed E-state index contributed by atoms with van der Waals surface area (Å²) in [6.45, 7) is 1.38. The average molecular weight is 277 g/mol. The van der Waals surface area contributed by atoms with E-state index in [1.165, 1.54) is 13.2 Å². The van der Waals surface area contributed by atoms with E-state index in [-0.39, 0.29) is 19.3 Å². The molecule has 1 unspecified atom stereocenters. The van der Waals surface area contributed by atoms with Crippen LogP contribution in [0, 0.1) is 5.82 Å². The van der Waals surface area contributed by atoms with E-state index in [2.05, 4.69) is 4.72 Å². The molecule has 18 heavy (non-hydrogen) atoms. The summed E-state index contributed by atoms with van der Waals surface area (Å²) in [6, 6.07) is 3.45. The normalized spacial score (nSPS) is 13.6. The third kappa shape index (κ3) is 3.74. The van der Waals surface area contributed by atoms with Crippen molar-refractivity contribution in [3.8, 4) is 0 Å². The first kappa shape index (κ1) is 15.0. The van der Waals surface area contributed by atoms with Gasteiger partial charge < -0.3 is 9.84 Å². The molecule has 0 amide bonds. The zero-order chi connectivity index (χ0) is 13.8. The first-order valence-corrected chi connectivity index (χ1v) is 6.80. The number of hydrogen-bond donors (Lipinski definition) is 2. The Labute approximate surface area is 106 Å². The van der Waals surface area contributed by atoms with Crippen LogP contribution in [0.25, 0.3) is 0 Å². The van der Waals surface area contributed by atoms with Crippen molar-refractivity contribution in [2.24, 2.45) is 0 Å². The van der Waals surface area contributed by atoms with Crippen LogP contribution in [-0.4, -0.2) is 33.3 Å². The summed E-state index contributed by atoms with van der Waals surface area (Å²) in [5, 5.41) is 8.92. The summed E-state index contributed by atoms with van der Waals surface area (Å²) < 4.78 is 44.3. The van der Waals surface area contributed by atoms with Gasteiger partial charge in [-0.2, -0.15) is 0 Å². The van der Waals surface area contributed by atoms with Crippen molar-refractivity contribution in [2.45, 2.75) is 24.5 Å². The largest absolute Gasteiger partial charge is 0.392 e. The lowest BCUT2D eigenvalue weighted by molar-refractivity contribution is 0.122. The van der Waals surface area contributed by atoms with Crippen LogP contribution >= 0.6 is 0 Å². The lowest BCUT2D eigenvalue weighted by Crippen LogP contribution is -2.32.